The number of hydrogen-bond donors (Lipinski definition) is 0. The third-order valence-electron chi connectivity index (χ3n) is 7.05. The third-order valence-corrected chi connectivity index (χ3v) is 9.07. The minimum absolute atomic E-state index is 0.0863. The number of hydrogen-bond acceptors (Lipinski definition) is 5. The average Bonchev–Trinajstić information content (AvgIpc) is 3.14. The monoisotopic (exact) mass is 474 g/mol. The van der Waals surface area contributed by atoms with Crippen LogP contribution in [0.15, 0.2) is 35.2 Å². The number of piperidine rings is 1. The van der Waals surface area contributed by atoms with Gasteiger partial charge in [0.15, 0.2) is 0 Å². The van der Waals surface area contributed by atoms with Crippen molar-refractivity contribution in [3.8, 4) is 5.75 Å². The molecular weight excluding hydrogens is 440 g/mol. The number of benzene rings is 1. The fourth-order valence-corrected chi connectivity index (χ4v) is 6.34. The summed E-state index contributed by atoms with van der Waals surface area (Å²) in [6.45, 7) is 7.38. The van der Waals surface area contributed by atoms with Gasteiger partial charge in [0, 0.05) is 63.8 Å². The number of anilines is 1. The lowest BCUT2D eigenvalue weighted by Crippen LogP contribution is -2.48. The van der Waals surface area contributed by atoms with Crippen LogP contribution in [0.5, 0.6) is 5.75 Å². The summed E-state index contributed by atoms with van der Waals surface area (Å²) in [5.74, 6) is 1.32. The number of methoxy groups -OCH3 is 1. The zero-order valence-electron chi connectivity index (χ0n) is 20.0. The lowest BCUT2D eigenvalue weighted by molar-refractivity contribution is 0.0687. The van der Waals surface area contributed by atoms with Crippen LogP contribution in [0, 0.1) is 12.8 Å². The number of likely N-dealkylation sites (tertiary alicyclic amines) is 1. The molecule has 180 valence electrons. The second-order valence-corrected chi connectivity index (χ2v) is 11.0. The highest BCUT2D eigenvalue weighted by Gasteiger charge is 2.33. The molecule has 0 radical (unpaired) electrons. The molecule has 1 aromatic heterocycles. The number of amides is 1. The molecule has 0 aliphatic carbocycles. The van der Waals surface area contributed by atoms with E-state index < -0.39 is 10.0 Å². The van der Waals surface area contributed by atoms with Gasteiger partial charge in [-0.05, 0) is 43.9 Å². The van der Waals surface area contributed by atoms with Crippen LogP contribution in [0.2, 0.25) is 0 Å². The molecule has 1 aromatic carbocycles. The number of rotatable bonds is 5. The highest BCUT2D eigenvalue weighted by Crippen LogP contribution is 2.28. The standard InChI is InChI=1S/C24H34N4O4S/c1-18-8-10-27(11-9-18)24(29)22-17-23(19(2)25(22)3)33(30,31)28-14-12-26(13-15-28)20-6-5-7-21(16-20)32-4/h5-7,16-18H,8-15H2,1-4H3. The second kappa shape index (κ2) is 9.38. The van der Waals surface area contributed by atoms with Crippen molar-refractivity contribution < 1.29 is 17.9 Å². The zero-order valence-corrected chi connectivity index (χ0v) is 20.8. The van der Waals surface area contributed by atoms with Gasteiger partial charge in [0.1, 0.15) is 16.3 Å². The summed E-state index contributed by atoms with van der Waals surface area (Å²) < 4.78 is 35.6. The molecule has 8 nitrogen and oxygen atoms in total. The van der Waals surface area contributed by atoms with Crippen LogP contribution in [0.3, 0.4) is 0 Å². The number of nitrogens with zero attached hydrogens (tertiary/aromatic N) is 4. The van der Waals surface area contributed by atoms with E-state index in [1.165, 1.54) is 4.31 Å². The van der Waals surface area contributed by atoms with Crippen LogP contribution >= 0.6 is 0 Å². The number of ether oxygens (including phenoxy) is 1. The number of carbonyl (C=O) groups excluding carboxylic acids is 1. The van der Waals surface area contributed by atoms with Crippen molar-refractivity contribution in [2.24, 2.45) is 13.0 Å². The Balaban J connectivity index is 1.50. The van der Waals surface area contributed by atoms with Crippen molar-refractivity contribution in [2.45, 2.75) is 31.6 Å². The molecule has 4 rings (SSSR count). The van der Waals surface area contributed by atoms with Gasteiger partial charge >= 0.3 is 0 Å². The molecule has 1 amide bonds. The Kier molecular flexibility index (Phi) is 6.72. The fraction of sp³-hybridized carbons (Fsp3) is 0.542. The van der Waals surface area contributed by atoms with Gasteiger partial charge in [-0.25, -0.2) is 8.42 Å². The number of sulfonamides is 1. The van der Waals surface area contributed by atoms with Gasteiger partial charge in [-0.1, -0.05) is 13.0 Å². The highest BCUT2D eigenvalue weighted by atomic mass is 32.2. The van der Waals surface area contributed by atoms with Gasteiger partial charge in [-0.3, -0.25) is 4.79 Å². The maximum absolute atomic E-state index is 13.5. The second-order valence-electron chi connectivity index (χ2n) is 9.11. The van der Waals surface area contributed by atoms with Crippen molar-refractivity contribution in [2.75, 3.05) is 51.3 Å². The third kappa shape index (κ3) is 4.61. The Labute approximate surface area is 196 Å². The van der Waals surface area contributed by atoms with E-state index in [1.54, 1.807) is 31.7 Å². The van der Waals surface area contributed by atoms with Gasteiger partial charge in [0.2, 0.25) is 10.0 Å². The molecule has 0 spiro atoms. The van der Waals surface area contributed by atoms with Gasteiger partial charge in [0.25, 0.3) is 5.91 Å². The number of carbonyl (C=O) groups is 1. The topological polar surface area (TPSA) is 75.1 Å². The summed E-state index contributed by atoms with van der Waals surface area (Å²) in [6, 6.07) is 9.37. The van der Waals surface area contributed by atoms with Crippen molar-refractivity contribution in [1.29, 1.82) is 0 Å². The van der Waals surface area contributed by atoms with Crippen LogP contribution in [-0.4, -0.2) is 74.5 Å². The molecule has 0 saturated carbocycles. The summed E-state index contributed by atoms with van der Waals surface area (Å²) in [6.07, 6.45) is 1.97. The summed E-state index contributed by atoms with van der Waals surface area (Å²) in [4.78, 5) is 17.4. The predicted octanol–water partition coefficient (Wildman–Crippen LogP) is 2.73. The van der Waals surface area contributed by atoms with Gasteiger partial charge < -0.3 is 19.1 Å². The maximum Gasteiger partial charge on any atom is 0.270 e. The van der Waals surface area contributed by atoms with Gasteiger partial charge in [0.05, 0.1) is 7.11 Å². The highest BCUT2D eigenvalue weighted by molar-refractivity contribution is 7.89. The first-order chi connectivity index (χ1) is 15.7. The van der Waals surface area contributed by atoms with Crippen molar-refractivity contribution in [3.05, 3.63) is 41.7 Å². The SMILES string of the molecule is COc1cccc(N2CCN(S(=O)(=O)c3cc(C(=O)N4CCC(C)CC4)n(C)c3C)CC2)c1. The van der Waals surface area contributed by atoms with E-state index >= 15 is 0 Å². The lowest BCUT2D eigenvalue weighted by Gasteiger charge is -2.35. The molecule has 0 N–H and O–H groups in total. The number of piperazine rings is 1. The summed E-state index contributed by atoms with van der Waals surface area (Å²) in [5, 5.41) is 0. The van der Waals surface area contributed by atoms with Crippen LogP contribution < -0.4 is 9.64 Å². The number of aromatic nitrogens is 1. The Morgan fingerprint density at radius 3 is 2.33 bits per heavy atom. The molecule has 2 aliphatic heterocycles. The van der Waals surface area contributed by atoms with E-state index in [-0.39, 0.29) is 10.8 Å². The minimum Gasteiger partial charge on any atom is -0.497 e. The molecule has 2 aliphatic rings. The predicted molar refractivity (Wildman–Crippen MR) is 128 cm³/mol. The molecule has 3 heterocycles. The van der Waals surface area contributed by atoms with Crippen molar-refractivity contribution in [3.63, 3.8) is 0 Å². The van der Waals surface area contributed by atoms with Crippen LogP contribution in [-0.2, 0) is 17.1 Å². The Morgan fingerprint density at radius 2 is 1.70 bits per heavy atom. The summed E-state index contributed by atoms with van der Waals surface area (Å²) in [7, 11) is -0.287. The molecular formula is C24H34N4O4S. The maximum atomic E-state index is 13.5. The molecule has 2 saturated heterocycles. The molecule has 0 bridgehead atoms. The van der Waals surface area contributed by atoms with Gasteiger partial charge in [-0.15, -0.1) is 0 Å². The fourth-order valence-electron chi connectivity index (χ4n) is 4.64. The first-order valence-corrected chi connectivity index (χ1v) is 13.0. The van der Waals surface area contributed by atoms with E-state index in [0.29, 0.717) is 43.5 Å². The average molecular weight is 475 g/mol. The van der Waals surface area contributed by atoms with Crippen molar-refractivity contribution >= 4 is 21.6 Å². The first-order valence-electron chi connectivity index (χ1n) is 11.6. The lowest BCUT2D eigenvalue weighted by atomic mass is 9.99. The summed E-state index contributed by atoms with van der Waals surface area (Å²) >= 11 is 0. The Morgan fingerprint density at radius 1 is 1.03 bits per heavy atom. The van der Waals surface area contributed by atoms with E-state index in [2.05, 4.69) is 11.8 Å². The van der Waals surface area contributed by atoms with Crippen LogP contribution in [0.25, 0.3) is 0 Å². The van der Waals surface area contributed by atoms with Crippen molar-refractivity contribution in [1.82, 2.24) is 13.8 Å². The van der Waals surface area contributed by atoms with Gasteiger partial charge in [-0.2, -0.15) is 4.31 Å². The largest absolute Gasteiger partial charge is 0.497 e. The molecule has 2 aromatic rings. The molecule has 33 heavy (non-hydrogen) atoms. The molecule has 9 heteroatoms. The van der Waals surface area contributed by atoms with E-state index in [1.807, 2.05) is 29.2 Å². The smallest absolute Gasteiger partial charge is 0.270 e. The minimum atomic E-state index is -3.70. The van der Waals surface area contributed by atoms with E-state index in [0.717, 1.165) is 37.4 Å². The van der Waals surface area contributed by atoms with Crippen LogP contribution in [0.1, 0.15) is 35.9 Å². The Hall–Kier alpha value is -2.52. The first kappa shape index (κ1) is 23.6. The quantitative estimate of drug-likeness (QED) is 0.666. The Bertz CT molecular complexity index is 1110. The normalized spacial score (nSPS) is 18.5. The van der Waals surface area contributed by atoms with E-state index in [4.69, 9.17) is 4.74 Å². The summed E-state index contributed by atoms with van der Waals surface area (Å²) in [5.41, 5.74) is 2.06. The molecule has 0 atom stereocenters. The zero-order chi connectivity index (χ0) is 23.8. The molecule has 0 unspecified atom stereocenters. The molecule has 2 fully saturated rings. The van der Waals surface area contributed by atoms with Crippen LogP contribution in [0.4, 0.5) is 5.69 Å². The van der Waals surface area contributed by atoms with E-state index in [9.17, 15) is 13.2 Å².